The molecule has 144 valence electrons. The second kappa shape index (κ2) is 8.73. The van der Waals surface area contributed by atoms with Gasteiger partial charge in [-0.2, -0.15) is 0 Å². The summed E-state index contributed by atoms with van der Waals surface area (Å²) in [5.74, 6) is 0.510. The van der Waals surface area contributed by atoms with Gasteiger partial charge in [0, 0.05) is 43.8 Å². The normalized spacial score (nSPS) is 25.0. The molecule has 1 amide bonds. The molecule has 0 spiro atoms. The molecule has 1 aromatic rings. The fourth-order valence-corrected chi connectivity index (χ4v) is 4.15. The van der Waals surface area contributed by atoms with Gasteiger partial charge < -0.3 is 20.7 Å². The molecule has 1 aromatic carbocycles. The second-order valence-corrected chi connectivity index (χ2v) is 7.41. The highest BCUT2D eigenvalue weighted by Gasteiger charge is 2.28. The molecule has 1 aliphatic heterocycles. The standard InChI is InChI=1S/C20H32N4O2/c1-3-23-10-12-24(13-11-23)17-7-5-16(6-8-17)22-20(25)15-4-9-18(21)19(14-15)26-2/h4,9,14,16-17H,3,5-8,10-13,21H2,1-2H3,(H,22,25). The van der Waals surface area contributed by atoms with E-state index in [0.717, 1.165) is 19.4 Å². The average Bonchev–Trinajstić information content (AvgIpc) is 2.69. The van der Waals surface area contributed by atoms with Crippen molar-refractivity contribution >= 4 is 11.6 Å². The smallest absolute Gasteiger partial charge is 0.251 e. The summed E-state index contributed by atoms with van der Waals surface area (Å²) in [6.45, 7) is 8.13. The van der Waals surface area contributed by atoms with Gasteiger partial charge in [0.2, 0.25) is 0 Å². The summed E-state index contributed by atoms with van der Waals surface area (Å²) in [6.07, 6.45) is 4.44. The summed E-state index contributed by atoms with van der Waals surface area (Å²) >= 11 is 0. The van der Waals surface area contributed by atoms with Crippen molar-refractivity contribution in [1.82, 2.24) is 15.1 Å². The van der Waals surface area contributed by atoms with Gasteiger partial charge in [-0.05, 0) is 50.4 Å². The summed E-state index contributed by atoms with van der Waals surface area (Å²) in [7, 11) is 1.56. The molecule has 0 radical (unpaired) electrons. The predicted octanol–water partition coefficient (Wildman–Crippen LogP) is 1.96. The van der Waals surface area contributed by atoms with Crippen molar-refractivity contribution in [3.63, 3.8) is 0 Å². The number of anilines is 1. The number of benzene rings is 1. The van der Waals surface area contributed by atoms with E-state index in [9.17, 15) is 4.79 Å². The Morgan fingerprint density at radius 3 is 2.50 bits per heavy atom. The van der Waals surface area contributed by atoms with Gasteiger partial charge in [0.15, 0.2) is 0 Å². The van der Waals surface area contributed by atoms with Crippen LogP contribution in [0.4, 0.5) is 5.69 Å². The van der Waals surface area contributed by atoms with Gasteiger partial charge in [-0.15, -0.1) is 0 Å². The molecule has 2 fully saturated rings. The predicted molar refractivity (Wildman–Crippen MR) is 105 cm³/mol. The highest BCUT2D eigenvalue weighted by Crippen LogP contribution is 2.25. The molecule has 6 nitrogen and oxygen atoms in total. The zero-order chi connectivity index (χ0) is 18.5. The lowest BCUT2D eigenvalue weighted by molar-refractivity contribution is 0.0730. The quantitative estimate of drug-likeness (QED) is 0.786. The van der Waals surface area contributed by atoms with Crippen LogP contribution in [0.1, 0.15) is 43.0 Å². The van der Waals surface area contributed by atoms with Crippen LogP contribution in [0, 0.1) is 0 Å². The van der Waals surface area contributed by atoms with E-state index in [1.54, 1.807) is 25.3 Å². The van der Waals surface area contributed by atoms with Crippen LogP contribution in [-0.2, 0) is 0 Å². The Balaban J connectivity index is 1.47. The first kappa shape index (κ1) is 19.0. The van der Waals surface area contributed by atoms with Crippen LogP contribution in [0.25, 0.3) is 0 Å². The molecule has 3 N–H and O–H groups in total. The van der Waals surface area contributed by atoms with E-state index in [-0.39, 0.29) is 11.9 Å². The zero-order valence-electron chi connectivity index (χ0n) is 16.0. The summed E-state index contributed by atoms with van der Waals surface area (Å²) in [5.41, 5.74) is 6.98. The van der Waals surface area contributed by atoms with Gasteiger partial charge in [-0.25, -0.2) is 0 Å². The molecule has 0 aromatic heterocycles. The van der Waals surface area contributed by atoms with E-state index < -0.39 is 0 Å². The summed E-state index contributed by atoms with van der Waals surface area (Å²) in [6, 6.07) is 6.13. The lowest BCUT2D eigenvalue weighted by Crippen LogP contribution is -2.52. The number of amides is 1. The number of carbonyl (C=O) groups excluding carboxylic acids is 1. The van der Waals surface area contributed by atoms with Crippen LogP contribution in [0.2, 0.25) is 0 Å². The summed E-state index contributed by atoms with van der Waals surface area (Å²) in [5, 5.41) is 3.18. The number of nitrogens with zero attached hydrogens (tertiary/aromatic N) is 2. The van der Waals surface area contributed by atoms with Crippen LogP contribution in [0.3, 0.4) is 0 Å². The number of carbonyl (C=O) groups is 1. The number of likely N-dealkylation sites (N-methyl/N-ethyl adjacent to an activating group) is 1. The first-order valence-corrected chi connectivity index (χ1v) is 9.81. The number of hydrogen-bond donors (Lipinski definition) is 2. The molecular weight excluding hydrogens is 328 g/mol. The number of methoxy groups -OCH3 is 1. The maximum absolute atomic E-state index is 12.5. The number of nitrogens with two attached hydrogens (primary N) is 1. The fraction of sp³-hybridized carbons (Fsp3) is 0.650. The first-order chi connectivity index (χ1) is 12.6. The van der Waals surface area contributed by atoms with E-state index in [4.69, 9.17) is 10.5 Å². The fourth-order valence-electron chi connectivity index (χ4n) is 4.15. The summed E-state index contributed by atoms with van der Waals surface area (Å²) in [4.78, 5) is 17.7. The minimum Gasteiger partial charge on any atom is -0.495 e. The largest absolute Gasteiger partial charge is 0.495 e. The molecular formula is C20H32N4O2. The lowest BCUT2D eigenvalue weighted by atomic mass is 9.89. The highest BCUT2D eigenvalue weighted by atomic mass is 16.5. The Morgan fingerprint density at radius 2 is 1.88 bits per heavy atom. The molecule has 1 heterocycles. The SMILES string of the molecule is CCN1CCN(C2CCC(NC(=O)c3ccc(N)c(OC)c3)CC2)CC1. The van der Waals surface area contributed by atoms with Crippen LogP contribution in [0.15, 0.2) is 18.2 Å². The van der Waals surface area contributed by atoms with Crippen molar-refractivity contribution in [2.45, 2.75) is 44.7 Å². The molecule has 6 heteroatoms. The molecule has 1 saturated carbocycles. The van der Waals surface area contributed by atoms with Gasteiger partial charge in [-0.1, -0.05) is 6.92 Å². The Hall–Kier alpha value is -1.79. The Bertz CT molecular complexity index is 606. The van der Waals surface area contributed by atoms with E-state index in [1.807, 2.05) is 0 Å². The van der Waals surface area contributed by atoms with Crippen LogP contribution in [-0.4, -0.2) is 67.6 Å². The molecule has 1 saturated heterocycles. The monoisotopic (exact) mass is 360 g/mol. The summed E-state index contributed by atoms with van der Waals surface area (Å²) < 4.78 is 5.21. The topological polar surface area (TPSA) is 70.8 Å². The molecule has 0 bridgehead atoms. The average molecular weight is 361 g/mol. The number of piperazine rings is 1. The molecule has 26 heavy (non-hydrogen) atoms. The van der Waals surface area contributed by atoms with E-state index in [0.29, 0.717) is 23.0 Å². The van der Waals surface area contributed by atoms with Crippen molar-refractivity contribution in [2.24, 2.45) is 0 Å². The molecule has 0 unspecified atom stereocenters. The highest BCUT2D eigenvalue weighted by molar-refractivity contribution is 5.95. The third kappa shape index (κ3) is 4.48. The maximum Gasteiger partial charge on any atom is 0.251 e. The number of ether oxygens (including phenoxy) is 1. The number of nitrogens with one attached hydrogen (secondary N) is 1. The molecule has 0 atom stereocenters. The second-order valence-electron chi connectivity index (χ2n) is 7.41. The van der Waals surface area contributed by atoms with E-state index >= 15 is 0 Å². The van der Waals surface area contributed by atoms with Gasteiger partial charge >= 0.3 is 0 Å². The van der Waals surface area contributed by atoms with Crippen molar-refractivity contribution in [3.8, 4) is 5.75 Å². The molecule has 2 aliphatic rings. The van der Waals surface area contributed by atoms with Crippen molar-refractivity contribution in [3.05, 3.63) is 23.8 Å². The van der Waals surface area contributed by atoms with Gasteiger partial charge in [0.25, 0.3) is 5.91 Å². The number of nitrogen functional groups attached to an aromatic ring is 1. The van der Waals surface area contributed by atoms with Gasteiger partial charge in [0.05, 0.1) is 12.8 Å². The van der Waals surface area contributed by atoms with Crippen molar-refractivity contribution < 1.29 is 9.53 Å². The third-order valence-electron chi connectivity index (χ3n) is 5.90. The minimum atomic E-state index is -0.0386. The number of hydrogen-bond acceptors (Lipinski definition) is 5. The van der Waals surface area contributed by atoms with Gasteiger partial charge in [0.1, 0.15) is 5.75 Å². The van der Waals surface area contributed by atoms with Crippen molar-refractivity contribution in [2.75, 3.05) is 45.6 Å². The van der Waals surface area contributed by atoms with E-state index in [2.05, 4.69) is 22.0 Å². The molecule has 1 aliphatic carbocycles. The van der Waals surface area contributed by atoms with Crippen molar-refractivity contribution in [1.29, 1.82) is 0 Å². The molecule has 3 rings (SSSR count). The minimum absolute atomic E-state index is 0.0386. The third-order valence-corrected chi connectivity index (χ3v) is 5.90. The Labute approximate surface area is 156 Å². The van der Waals surface area contributed by atoms with Gasteiger partial charge in [-0.3, -0.25) is 9.69 Å². The Kier molecular flexibility index (Phi) is 6.38. The first-order valence-electron chi connectivity index (χ1n) is 9.81. The Morgan fingerprint density at radius 1 is 1.19 bits per heavy atom. The van der Waals surface area contributed by atoms with E-state index in [1.165, 1.54) is 39.0 Å². The van der Waals surface area contributed by atoms with Crippen LogP contribution < -0.4 is 15.8 Å². The maximum atomic E-state index is 12.5. The number of rotatable bonds is 5. The lowest BCUT2D eigenvalue weighted by Gasteiger charge is -2.41. The zero-order valence-corrected chi connectivity index (χ0v) is 16.0. The van der Waals surface area contributed by atoms with Crippen LogP contribution >= 0.6 is 0 Å². The van der Waals surface area contributed by atoms with Crippen LogP contribution in [0.5, 0.6) is 5.75 Å².